The van der Waals surface area contributed by atoms with Gasteiger partial charge in [0.2, 0.25) is 20.6 Å². The topological polar surface area (TPSA) is 138 Å². The predicted octanol–water partition coefficient (Wildman–Crippen LogP) is -8.44. The van der Waals surface area contributed by atoms with Crippen LogP contribution in [0.3, 0.4) is 0 Å². The standard InChI is InChI=1S/2K.H2NO7S2/c;;2-1(9(3,4)5)10(6,7)8/h;;(H,3,4,5)(H,6,7,8)/q2*+1;/p-2. The van der Waals surface area contributed by atoms with Crippen molar-refractivity contribution in [2.45, 2.75) is 0 Å². The third-order valence-corrected chi connectivity index (χ3v) is 2.19. The van der Waals surface area contributed by atoms with E-state index in [1.807, 2.05) is 0 Å². The maximum atomic E-state index is 9.60. The van der Waals surface area contributed by atoms with E-state index in [2.05, 4.69) is 0 Å². The molecule has 0 aliphatic rings. The maximum Gasteiger partial charge on any atom is 1.00 e. The smallest absolute Gasteiger partial charge is 0.733 e. The van der Waals surface area contributed by atoms with Crippen LogP contribution in [0, 0.1) is 0 Å². The summed E-state index contributed by atoms with van der Waals surface area (Å²) in [7, 11) is -11.5. The third kappa shape index (κ3) is 8.33. The molecule has 12 heavy (non-hydrogen) atoms. The first kappa shape index (κ1) is 20.4. The number of nitrogens with zero attached hydrogens (tertiary/aromatic N) is 1. The molecule has 0 bridgehead atoms. The van der Waals surface area contributed by atoms with Crippen LogP contribution in [0.1, 0.15) is 0 Å². The van der Waals surface area contributed by atoms with Gasteiger partial charge >= 0.3 is 103 Å². The summed E-state index contributed by atoms with van der Waals surface area (Å²) in [5, 5.41) is 9.60. The molecule has 0 saturated carbocycles. The summed E-state index contributed by atoms with van der Waals surface area (Å²) in [6.45, 7) is 0. The Morgan fingerprint density at radius 1 is 0.833 bits per heavy atom. The van der Waals surface area contributed by atoms with Crippen LogP contribution in [0.4, 0.5) is 0 Å². The fraction of sp³-hybridized carbons (Fsp3) is 0. The molecule has 0 fully saturated rings. The summed E-state index contributed by atoms with van der Waals surface area (Å²) in [5.74, 6) is 0. The molecule has 0 atom stereocenters. The van der Waals surface area contributed by atoms with Crippen molar-refractivity contribution in [1.29, 1.82) is 0 Å². The first-order valence-corrected chi connectivity index (χ1v) is 4.28. The van der Waals surface area contributed by atoms with Crippen LogP contribution in [0.15, 0.2) is 0 Å². The average Bonchev–Trinajstić information content (AvgIpc) is 1.59. The Bertz CT molecular complexity index is 268. The first-order chi connectivity index (χ1) is 4.15. The molecule has 0 aliphatic carbocycles. The van der Waals surface area contributed by atoms with Crippen LogP contribution < -0.4 is 103 Å². The molecule has 1 radical (unpaired) electrons. The molecular weight excluding hydrogens is 268 g/mol. The van der Waals surface area contributed by atoms with E-state index in [1.165, 1.54) is 0 Å². The van der Waals surface area contributed by atoms with E-state index in [1.54, 1.807) is 0 Å². The van der Waals surface area contributed by atoms with Crippen molar-refractivity contribution in [2.24, 2.45) is 0 Å². The van der Waals surface area contributed by atoms with E-state index in [0.29, 0.717) is 0 Å². The second-order valence-corrected chi connectivity index (χ2v) is 3.68. The van der Waals surface area contributed by atoms with Gasteiger partial charge in [-0.2, -0.15) is 0 Å². The first-order valence-electron chi connectivity index (χ1n) is 1.55. The number of hydrogen-bond donors (Lipinski definition) is 0. The summed E-state index contributed by atoms with van der Waals surface area (Å²) in [6.07, 6.45) is 0. The number of hydrogen-bond acceptors (Lipinski definition) is 6. The minimum Gasteiger partial charge on any atom is -0.733 e. The Hall–Kier alpha value is 3.01. The van der Waals surface area contributed by atoms with Crippen molar-refractivity contribution in [2.75, 3.05) is 0 Å². The molecule has 8 nitrogen and oxygen atoms in total. The Balaban J connectivity index is -0.000000405. The average molecular weight is 268 g/mol. The minimum atomic E-state index is -5.73. The molecule has 0 aromatic heterocycles. The fourth-order valence-corrected chi connectivity index (χ4v) is 1.01. The van der Waals surface area contributed by atoms with Gasteiger partial charge in [-0.3, -0.25) is 0 Å². The van der Waals surface area contributed by atoms with Crippen molar-refractivity contribution in [3.63, 3.8) is 0 Å². The molecule has 0 N–H and O–H groups in total. The van der Waals surface area contributed by atoms with E-state index < -0.39 is 24.5 Å². The Labute approximate surface area is 154 Å². The Kier molecular flexibility index (Phi) is 12.4. The van der Waals surface area contributed by atoms with E-state index in [-0.39, 0.29) is 103 Å². The van der Waals surface area contributed by atoms with Gasteiger partial charge in [0.05, 0.1) is 0 Å². The van der Waals surface area contributed by atoms with Crippen molar-refractivity contribution >= 4 is 20.6 Å². The zero-order valence-corrected chi connectivity index (χ0v) is 14.0. The van der Waals surface area contributed by atoms with Crippen LogP contribution in [0.25, 0.3) is 0 Å². The third-order valence-electron chi connectivity index (χ3n) is 0.365. The van der Waals surface area contributed by atoms with Gasteiger partial charge < -0.3 is 9.11 Å². The molecule has 0 saturated heterocycles. The van der Waals surface area contributed by atoms with Crippen molar-refractivity contribution in [3.8, 4) is 0 Å². The molecule has 0 unspecified atom stereocenters. The van der Waals surface area contributed by atoms with Crippen LogP contribution in [-0.4, -0.2) is 29.8 Å². The van der Waals surface area contributed by atoms with Crippen LogP contribution in [-0.2, 0) is 25.8 Å². The summed E-state index contributed by atoms with van der Waals surface area (Å²) in [4.78, 5) is 0. The molecule has 12 heteroatoms. The molecule has 0 spiro atoms. The molecule has 0 aliphatic heterocycles. The zero-order valence-electron chi connectivity index (χ0n) is 6.12. The van der Waals surface area contributed by atoms with Crippen LogP contribution in [0.2, 0.25) is 0 Å². The fourth-order valence-electron chi connectivity index (χ4n) is 0.112. The molecule has 0 aromatic carbocycles. The zero-order chi connectivity index (χ0) is 8.58. The Morgan fingerprint density at radius 2 is 1.00 bits per heavy atom. The second kappa shape index (κ2) is 7.31. The van der Waals surface area contributed by atoms with E-state index >= 15 is 0 Å². The molecule has 0 aromatic rings. The van der Waals surface area contributed by atoms with Gasteiger partial charge in [-0.25, -0.2) is 16.8 Å². The van der Waals surface area contributed by atoms with Crippen LogP contribution >= 0.6 is 0 Å². The Morgan fingerprint density at radius 3 is 1.00 bits per heavy atom. The summed E-state index contributed by atoms with van der Waals surface area (Å²) < 4.78 is 54.7. The van der Waals surface area contributed by atoms with Gasteiger partial charge in [0.15, 0.2) is 0 Å². The largest absolute Gasteiger partial charge is 1.00 e. The summed E-state index contributed by atoms with van der Waals surface area (Å²) in [6, 6.07) is 0. The van der Waals surface area contributed by atoms with E-state index in [9.17, 15) is 31.1 Å². The molecule has 0 rings (SSSR count). The van der Waals surface area contributed by atoms with E-state index in [4.69, 9.17) is 0 Å². The SMILES string of the molecule is [K+].[K+].[O]N(S(=O)(=O)[O-])S(=O)(=O)[O-]. The molecule has 0 heterocycles. The van der Waals surface area contributed by atoms with Gasteiger partial charge in [-0.05, 0) is 0 Å². The minimum absolute atomic E-state index is 0. The molecular formula is K2NO7S2. The summed E-state index contributed by atoms with van der Waals surface area (Å²) in [5.41, 5.74) is 0. The maximum absolute atomic E-state index is 9.60. The van der Waals surface area contributed by atoms with Crippen molar-refractivity contribution in [1.82, 2.24) is 3.87 Å². The summed E-state index contributed by atoms with van der Waals surface area (Å²) >= 11 is 0. The number of rotatable bonds is 2. The predicted molar refractivity (Wildman–Crippen MR) is 21.9 cm³/mol. The quantitative estimate of drug-likeness (QED) is 0.277. The molecule has 0 amide bonds. The second-order valence-electron chi connectivity index (χ2n) is 1.08. The monoisotopic (exact) mass is 268 g/mol. The van der Waals surface area contributed by atoms with Crippen LogP contribution in [0.5, 0.6) is 0 Å². The van der Waals surface area contributed by atoms with Gasteiger partial charge in [-0.1, -0.05) is 5.21 Å². The van der Waals surface area contributed by atoms with Crippen molar-refractivity contribution < 1.29 is 134 Å². The van der Waals surface area contributed by atoms with Gasteiger partial charge in [0, 0.05) is 3.87 Å². The van der Waals surface area contributed by atoms with E-state index in [0.717, 1.165) is 0 Å². The normalized spacial score (nSPS) is 11.7. The van der Waals surface area contributed by atoms with Gasteiger partial charge in [0.25, 0.3) is 0 Å². The van der Waals surface area contributed by atoms with Gasteiger partial charge in [-0.15, -0.1) is 0 Å². The molecule has 61 valence electrons. The van der Waals surface area contributed by atoms with Crippen molar-refractivity contribution in [3.05, 3.63) is 0 Å². The van der Waals surface area contributed by atoms with Gasteiger partial charge in [0.1, 0.15) is 0 Å².